The summed E-state index contributed by atoms with van der Waals surface area (Å²) >= 11 is 0. The van der Waals surface area contributed by atoms with Gasteiger partial charge in [0.25, 0.3) is 0 Å². The molecule has 5 heterocycles. The van der Waals surface area contributed by atoms with Gasteiger partial charge in [-0.05, 0) is 44.7 Å². The number of rotatable bonds is 5. The van der Waals surface area contributed by atoms with Crippen LogP contribution in [0.5, 0.6) is 0 Å². The van der Waals surface area contributed by atoms with E-state index >= 15 is 0 Å². The average Bonchev–Trinajstić information content (AvgIpc) is 3.41. The fourth-order valence-electron chi connectivity index (χ4n) is 4.83. The zero-order chi connectivity index (χ0) is 23.5. The summed E-state index contributed by atoms with van der Waals surface area (Å²) in [5.74, 6) is 1.10. The van der Waals surface area contributed by atoms with E-state index in [-0.39, 0.29) is 25.3 Å². The van der Waals surface area contributed by atoms with Crippen molar-refractivity contribution in [2.45, 2.75) is 44.8 Å². The van der Waals surface area contributed by atoms with E-state index < -0.39 is 11.6 Å². The normalized spacial score (nSPS) is 18.6. The minimum absolute atomic E-state index is 0.138. The molecule has 8 nitrogen and oxygen atoms in total. The Kier molecular flexibility index (Phi) is 4.80. The first kappa shape index (κ1) is 21.3. The van der Waals surface area contributed by atoms with Gasteiger partial charge in [0.1, 0.15) is 5.82 Å². The Bertz CT molecular complexity index is 1370. The number of imidazole rings is 1. The molecule has 1 aliphatic carbocycles. The third-order valence-corrected chi connectivity index (χ3v) is 7.05. The molecule has 1 saturated heterocycles. The molecule has 0 radical (unpaired) electrons. The van der Waals surface area contributed by atoms with Crippen LogP contribution in [0.1, 0.15) is 37.5 Å². The summed E-state index contributed by atoms with van der Waals surface area (Å²) in [7, 11) is 0. The number of nitrogens with zero attached hydrogens (tertiary/aromatic N) is 6. The SMILES string of the molecule is Cc1nc2ncc(-c3ccn4nc(NCC5(C(F)(F)F)CC5)ncc34)cc2n1C1CCOCC1. The Morgan fingerprint density at radius 3 is 2.68 bits per heavy atom. The van der Waals surface area contributed by atoms with Gasteiger partial charge in [-0.25, -0.2) is 19.5 Å². The monoisotopic (exact) mass is 471 g/mol. The lowest BCUT2D eigenvalue weighted by Crippen LogP contribution is -2.32. The van der Waals surface area contributed by atoms with E-state index in [4.69, 9.17) is 4.74 Å². The van der Waals surface area contributed by atoms with Crippen LogP contribution < -0.4 is 5.32 Å². The molecule has 1 saturated carbocycles. The van der Waals surface area contributed by atoms with Crippen molar-refractivity contribution in [1.82, 2.24) is 29.1 Å². The number of hydrogen-bond acceptors (Lipinski definition) is 6. The van der Waals surface area contributed by atoms with Gasteiger partial charge in [-0.3, -0.25) is 0 Å². The Morgan fingerprint density at radius 1 is 1.15 bits per heavy atom. The number of hydrogen-bond donors (Lipinski definition) is 1. The van der Waals surface area contributed by atoms with E-state index in [2.05, 4.69) is 36.0 Å². The lowest BCUT2D eigenvalue weighted by molar-refractivity contribution is -0.182. The first-order valence-corrected chi connectivity index (χ1v) is 11.4. The molecule has 1 N–H and O–H groups in total. The van der Waals surface area contributed by atoms with Crippen molar-refractivity contribution in [3.05, 3.63) is 36.5 Å². The first-order valence-electron chi connectivity index (χ1n) is 11.4. The summed E-state index contributed by atoms with van der Waals surface area (Å²) in [6.45, 7) is 3.25. The first-order chi connectivity index (χ1) is 16.3. The number of nitrogens with one attached hydrogen (secondary N) is 1. The Morgan fingerprint density at radius 2 is 1.94 bits per heavy atom. The molecular formula is C23H24F3N7O. The van der Waals surface area contributed by atoms with E-state index in [0.717, 1.165) is 54.0 Å². The summed E-state index contributed by atoms with van der Waals surface area (Å²) in [6.07, 6.45) is 3.12. The molecule has 6 rings (SSSR count). The molecule has 1 aliphatic heterocycles. The number of aromatic nitrogens is 6. The van der Waals surface area contributed by atoms with E-state index in [9.17, 15) is 13.2 Å². The van der Waals surface area contributed by atoms with Crippen LogP contribution in [0.4, 0.5) is 19.1 Å². The fourth-order valence-corrected chi connectivity index (χ4v) is 4.83. The van der Waals surface area contributed by atoms with E-state index in [1.807, 2.05) is 13.0 Å². The van der Waals surface area contributed by atoms with Crippen LogP contribution in [-0.4, -0.2) is 55.1 Å². The summed E-state index contributed by atoms with van der Waals surface area (Å²) < 4.78 is 49.0. The van der Waals surface area contributed by atoms with Gasteiger partial charge >= 0.3 is 6.18 Å². The Balaban J connectivity index is 1.30. The average molecular weight is 471 g/mol. The third-order valence-electron chi connectivity index (χ3n) is 7.05. The number of pyridine rings is 1. The van der Waals surface area contributed by atoms with Crippen LogP contribution in [-0.2, 0) is 4.74 Å². The van der Waals surface area contributed by atoms with E-state index in [0.29, 0.717) is 11.7 Å². The predicted octanol–water partition coefficient (Wildman–Crippen LogP) is 4.56. The number of anilines is 1. The third kappa shape index (κ3) is 3.49. The molecule has 2 aliphatic rings. The van der Waals surface area contributed by atoms with Crippen LogP contribution in [0.2, 0.25) is 0 Å². The second-order valence-corrected chi connectivity index (χ2v) is 9.21. The molecule has 34 heavy (non-hydrogen) atoms. The molecule has 4 aromatic heterocycles. The maximum absolute atomic E-state index is 13.2. The maximum atomic E-state index is 13.2. The van der Waals surface area contributed by atoms with Gasteiger partial charge in [0.15, 0.2) is 5.65 Å². The van der Waals surface area contributed by atoms with Crippen LogP contribution in [0.15, 0.2) is 30.7 Å². The van der Waals surface area contributed by atoms with Crippen molar-refractivity contribution < 1.29 is 17.9 Å². The number of ether oxygens (including phenoxy) is 1. The summed E-state index contributed by atoms with van der Waals surface area (Å²) in [6, 6.07) is 4.32. The Labute approximate surface area is 193 Å². The maximum Gasteiger partial charge on any atom is 0.396 e. The molecule has 0 amide bonds. The molecule has 178 valence electrons. The summed E-state index contributed by atoms with van der Waals surface area (Å²) in [4.78, 5) is 13.5. The minimum atomic E-state index is -4.22. The van der Waals surface area contributed by atoms with Crippen LogP contribution in [0.3, 0.4) is 0 Å². The van der Waals surface area contributed by atoms with Crippen LogP contribution in [0.25, 0.3) is 27.8 Å². The van der Waals surface area contributed by atoms with Crippen molar-refractivity contribution in [2.24, 2.45) is 5.41 Å². The van der Waals surface area contributed by atoms with Crippen molar-refractivity contribution in [1.29, 1.82) is 0 Å². The standard InChI is InChI=1S/C23H24F3N7O/c1-14-30-20-18(33(14)16-3-8-34-9-4-16)10-15(11-27-20)17-2-7-32-19(17)12-28-21(31-32)29-13-22(5-6-22)23(24,25)26/h2,7,10-12,16H,3-6,8-9,13H2,1H3,(H,29,31). The lowest BCUT2D eigenvalue weighted by atomic mass is 10.1. The number of aryl methyl sites for hydroxylation is 1. The summed E-state index contributed by atoms with van der Waals surface area (Å²) in [5.41, 5.74) is 2.58. The molecule has 4 aromatic rings. The number of halogens is 3. The molecule has 11 heteroatoms. The van der Waals surface area contributed by atoms with Crippen molar-refractivity contribution in [3.63, 3.8) is 0 Å². The van der Waals surface area contributed by atoms with Gasteiger partial charge < -0.3 is 14.6 Å². The van der Waals surface area contributed by atoms with Gasteiger partial charge in [0.2, 0.25) is 5.95 Å². The predicted molar refractivity (Wildman–Crippen MR) is 120 cm³/mol. The second-order valence-electron chi connectivity index (χ2n) is 9.21. The zero-order valence-corrected chi connectivity index (χ0v) is 18.6. The Hall–Kier alpha value is -3.21. The highest BCUT2D eigenvalue weighted by Gasteiger charge is 2.63. The van der Waals surface area contributed by atoms with Gasteiger partial charge in [0, 0.05) is 49.3 Å². The number of fused-ring (bicyclic) bond motifs is 2. The fraction of sp³-hybridized carbons (Fsp3) is 0.478. The van der Waals surface area contributed by atoms with Gasteiger partial charge in [-0.15, -0.1) is 5.10 Å². The van der Waals surface area contributed by atoms with E-state index in [1.165, 1.54) is 0 Å². The highest BCUT2D eigenvalue weighted by molar-refractivity contribution is 5.85. The topological polar surface area (TPSA) is 82.2 Å². The van der Waals surface area contributed by atoms with Crippen LogP contribution in [0, 0.1) is 12.3 Å². The highest BCUT2D eigenvalue weighted by Crippen LogP contribution is 2.57. The van der Waals surface area contributed by atoms with Crippen molar-refractivity contribution >= 4 is 22.6 Å². The number of alkyl halides is 3. The quantitative estimate of drug-likeness (QED) is 0.460. The zero-order valence-electron chi connectivity index (χ0n) is 18.6. The molecule has 0 unspecified atom stereocenters. The van der Waals surface area contributed by atoms with Crippen molar-refractivity contribution in [3.8, 4) is 11.1 Å². The van der Waals surface area contributed by atoms with Crippen molar-refractivity contribution in [2.75, 3.05) is 25.1 Å². The molecule has 0 aromatic carbocycles. The second kappa shape index (κ2) is 7.66. The molecule has 0 atom stereocenters. The smallest absolute Gasteiger partial charge is 0.381 e. The largest absolute Gasteiger partial charge is 0.396 e. The molecular weight excluding hydrogens is 447 g/mol. The van der Waals surface area contributed by atoms with Gasteiger partial charge in [-0.2, -0.15) is 13.2 Å². The van der Waals surface area contributed by atoms with Gasteiger partial charge in [0.05, 0.1) is 22.6 Å². The molecule has 2 fully saturated rings. The highest BCUT2D eigenvalue weighted by atomic mass is 19.4. The summed E-state index contributed by atoms with van der Waals surface area (Å²) in [5, 5.41) is 7.14. The van der Waals surface area contributed by atoms with Gasteiger partial charge in [-0.1, -0.05) is 0 Å². The molecule has 0 bridgehead atoms. The van der Waals surface area contributed by atoms with Crippen LogP contribution >= 0.6 is 0 Å². The molecule has 0 spiro atoms. The van der Waals surface area contributed by atoms with E-state index in [1.54, 1.807) is 23.1 Å². The lowest BCUT2D eigenvalue weighted by Gasteiger charge is -2.25. The minimum Gasteiger partial charge on any atom is -0.381 e.